The molecule has 20 heavy (non-hydrogen) atoms. The lowest BCUT2D eigenvalue weighted by molar-refractivity contribution is -0.143. The number of carbonyl (C=O) groups is 3. The summed E-state index contributed by atoms with van der Waals surface area (Å²) in [6, 6.07) is -2.23. The average Bonchev–Trinajstić information content (AvgIpc) is 2.86. The summed E-state index contributed by atoms with van der Waals surface area (Å²) in [6.07, 6.45) is 2.61. The molecule has 0 saturated carbocycles. The fourth-order valence-electron chi connectivity index (χ4n) is 1.52. The minimum atomic E-state index is -1.30. The van der Waals surface area contributed by atoms with Gasteiger partial charge in [0.2, 0.25) is 5.91 Å². The predicted octanol–water partition coefficient (Wildman–Crippen LogP) is -1.29. The number of aliphatic carboxylic acids is 2. The van der Waals surface area contributed by atoms with Gasteiger partial charge < -0.3 is 26.2 Å². The molecule has 110 valence electrons. The zero-order valence-electron chi connectivity index (χ0n) is 10.6. The molecule has 6 N–H and O–H groups in total. The van der Waals surface area contributed by atoms with Crippen molar-refractivity contribution in [2.24, 2.45) is 5.73 Å². The van der Waals surface area contributed by atoms with Gasteiger partial charge in [-0.2, -0.15) is 0 Å². The van der Waals surface area contributed by atoms with Crippen molar-refractivity contribution in [3.63, 3.8) is 0 Å². The highest BCUT2D eigenvalue weighted by molar-refractivity contribution is 5.87. The van der Waals surface area contributed by atoms with Crippen LogP contribution in [0.5, 0.6) is 0 Å². The number of nitrogens with one attached hydrogen (secondary N) is 2. The van der Waals surface area contributed by atoms with Crippen molar-refractivity contribution in [2.45, 2.75) is 31.3 Å². The lowest BCUT2D eigenvalue weighted by Crippen LogP contribution is -2.49. The van der Waals surface area contributed by atoms with E-state index in [1.54, 1.807) is 6.20 Å². The van der Waals surface area contributed by atoms with E-state index < -0.39 is 29.9 Å². The smallest absolute Gasteiger partial charge is 0.326 e. The molecule has 0 saturated heterocycles. The topological polar surface area (TPSA) is 158 Å². The van der Waals surface area contributed by atoms with Crippen molar-refractivity contribution in [1.82, 2.24) is 15.3 Å². The van der Waals surface area contributed by atoms with Crippen LogP contribution in [0.3, 0.4) is 0 Å². The Labute approximate surface area is 114 Å². The standard InChI is InChI=1S/C11H16N4O5/c12-7(3-6-4-13-5-14-6)10(18)15-8(11(19)20)1-2-9(16)17/h4-5,7-8H,1-3,12H2,(H,13,14)(H,15,18)(H,16,17)(H,19,20). The van der Waals surface area contributed by atoms with Crippen LogP contribution in [0, 0.1) is 0 Å². The molecular weight excluding hydrogens is 268 g/mol. The van der Waals surface area contributed by atoms with E-state index in [0.717, 1.165) is 0 Å². The summed E-state index contributed by atoms with van der Waals surface area (Å²) in [5.74, 6) is -3.09. The molecule has 0 bridgehead atoms. The number of hydrogen-bond acceptors (Lipinski definition) is 5. The highest BCUT2D eigenvalue weighted by atomic mass is 16.4. The van der Waals surface area contributed by atoms with Crippen molar-refractivity contribution in [3.8, 4) is 0 Å². The minimum absolute atomic E-state index is 0.153. The second kappa shape index (κ2) is 7.24. The van der Waals surface area contributed by atoms with Gasteiger partial charge in [0, 0.05) is 19.0 Å². The van der Waals surface area contributed by atoms with Crippen molar-refractivity contribution in [3.05, 3.63) is 18.2 Å². The first kappa shape index (κ1) is 15.6. The number of carboxylic acids is 2. The zero-order valence-corrected chi connectivity index (χ0v) is 10.6. The third-order valence-electron chi connectivity index (χ3n) is 2.58. The van der Waals surface area contributed by atoms with E-state index in [4.69, 9.17) is 15.9 Å². The first-order valence-corrected chi connectivity index (χ1v) is 5.88. The molecule has 2 unspecified atom stereocenters. The number of nitrogens with zero attached hydrogens (tertiary/aromatic N) is 1. The van der Waals surface area contributed by atoms with Crippen LogP contribution in [0.25, 0.3) is 0 Å². The van der Waals surface area contributed by atoms with Crippen LogP contribution in [-0.2, 0) is 20.8 Å². The molecule has 0 aromatic carbocycles. The maximum Gasteiger partial charge on any atom is 0.326 e. The van der Waals surface area contributed by atoms with Gasteiger partial charge >= 0.3 is 11.9 Å². The molecule has 0 radical (unpaired) electrons. The van der Waals surface area contributed by atoms with Gasteiger partial charge in [-0.1, -0.05) is 0 Å². The Hall–Kier alpha value is -2.42. The first-order valence-electron chi connectivity index (χ1n) is 5.88. The summed E-state index contributed by atoms with van der Waals surface area (Å²) in [4.78, 5) is 39.7. The number of amides is 1. The van der Waals surface area contributed by atoms with E-state index >= 15 is 0 Å². The van der Waals surface area contributed by atoms with Crippen LogP contribution in [0.1, 0.15) is 18.5 Å². The molecule has 0 aliphatic carbocycles. The predicted molar refractivity (Wildman–Crippen MR) is 66.7 cm³/mol. The van der Waals surface area contributed by atoms with Gasteiger partial charge in [-0.25, -0.2) is 9.78 Å². The number of rotatable bonds is 8. The second-order valence-electron chi connectivity index (χ2n) is 4.20. The molecule has 0 fully saturated rings. The van der Waals surface area contributed by atoms with Gasteiger partial charge in [0.25, 0.3) is 0 Å². The van der Waals surface area contributed by atoms with Crippen LogP contribution in [-0.4, -0.2) is 50.1 Å². The Kier molecular flexibility index (Phi) is 5.66. The fraction of sp³-hybridized carbons (Fsp3) is 0.455. The number of carbonyl (C=O) groups excluding carboxylic acids is 1. The van der Waals surface area contributed by atoms with E-state index in [0.29, 0.717) is 5.69 Å². The largest absolute Gasteiger partial charge is 0.481 e. The van der Waals surface area contributed by atoms with Gasteiger partial charge in [0.1, 0.15) is 6.04 Å². The summed E-state index contributed by atoms with van der Waals surface area (Å²) in [7, 11) is 0. The van der Waals surface area contributed by atoms with E-state index in [9.17, 15) is 14.4 Å². The van der Waals surface area contributed by atoms with Crippen molar-refractivity contribution >= 4 is 17.8 Å². The molecule has 0 aliphatic heterocycles. The number of aromatic amines is 1. The normalized spacial score (nSPS) is 13.4. The van der Waals surface area contributed by atoms with Crippen molar-refractivity contribution < 1.29 is 24.6 Å². The molecule has 1 amide bonds. The van der Waals surface area contributed by atoms with Crippen LogP contribution in [0.15, 0.2) is 12.5 Å². The highest BCUT2D eigenvalue weighted by Crippen LogP contribution is 2.01. The number of hydrogen-bond donors (Lipinski definition) is 5. The van der Waals surface area contributed by atoms with E-state index in [-0.39, 0.29) is 19.3 Å². The van der Waals surface area contributed by atoms with Crippen molar-refractivity contribution in [2.75, 3.05) is 0 Å². The monoisotopic (exact) mass is 284 g/mol. The number of aromatic nitrogens is 2. The summed E-state index contributed by atoms with van der Waals surface area (Å²) in [5, 5.41) is 19.6. The third-order valence-corrected chi connectivity index (χ3v) is 2.58. The quantitative estimate of drug-likeness (QED) is 0.397. The molecule has 0 aliphatic rings. The molecule has 1 aromatic rings. The molecule has 0 spiro atoms. The van der Waals surface area contributed by atoms with Crippen LogP contribution >= 0.6 is 0 Å². The van der Waals surface area contributed by atoms with E-state index in [1.807, 2.05) is 0 Å². The maximum atomic E-state index is 11.7. The Morgan fingerprint density at radius 1 is 1.40 bits per heavy atom. The summed E-state index contributed by atoms with van der Waals surface area (Å²) in [6.45, 7) is 0. The average molecular weight is 284 g/mol. The summed E-state index contributed by atoms with van der Waals surface area (Å²) in [5.41, 5.74) is 6.21. The Balaban J connectivity index is 2.52. The Bertz CT molecular complexity index is 473. The summed E-state index contributed by atoms with van der Waals surface area (Å²) < 4.78 is 0. The number of carboxylic acid groups (broad SMARTS) is 2. The number of H-pyrrole nitrogens is 1. The van der Waals surface area contributed by atoms with Gasteiger partial charge in [-0.15, -0.1) is 0 Å². The van der Waals surface area contributed by atoms with Crippen LogP contribution < -0.4 is 11.1 Å². The van der Waals surface area contributed by atoms with Gasteiger partial charge in [0.05, 0.1) is 18.1 Å². The lowest BCUT2D eigenvalue weighted by Gasteiger charge is -2.16. The first-order chi connectivity index (χ1) is 9.40. The van der Waals surface area contributed by atoms with Crippen LogP contribution in [0.4, 0.5) is 0 Å². The highest BCUT2D eigenvalue weighted by Gasteiger charge is 2.24. The lowest BCUT2D eigenvalue weighted by atomic mass is 10.1. The van der Waals surface area contributed by atoms with E-state index in [2.05, 4.69) is 15.3 Å². The second-order valence-corrected chi connectivity index (χ2v) is 4.20. The fourth-order valence-corrected chi connectivity index (χ4v) is 1.52. The molecular formula is C11H16N4O5. The van der Waals surface area contributed by atoms with Crippen molar-refractivity contribution in [1.29, 1.82) is 0 Å². The molecule has 1 aromatic heterocycles. The van der Waals surface area contributed by atoms with Crippen LogP contribution in [0.2, 0.25) is 0 Å². The molecule has 9 nitrogen and oxygen atoms in total. The Morgan fingerprint density at radius 2 is 2.10 bits per heavy atom. The summed E-state index contributed by atoms with van der Waals surface area (Å²) >= 11 is 0. The third kappa shape index (κ3) is 5.06. The maximum absolute atomic E-state index is 11.7. The SMILES string of the molecule is NC(Cc1c[nH]cn1)C(=O)NC(CCC(=O)O)C(=O)O. The molecule has 2 atom stereocenters. The minimum Gasteiger partial charge on any atom is -0.481 e. The van der Waals surface area contributed by atoms with Gasteiger partial charge in [-0.05, 0) is 6.42 Å². The zero-order chi connectivity index (χ0) is 15.1. The molecule has 1 heterocycles. The Morgan fingerprint density at radius 3 is 2.60 bits per heavy atom. The number of imidazole rings is 1. The van der Waals surface area contributed by atoms with Gasteiger partial charge in [0.15, 0.2) is 0 Å². The molecule has 1 rings (SSSR count). The van der Waals surface area contributed by atoms with E-state index in [1.165, 1.54) is 6.33 Å². The van der Waals surface area contributed by atoms with Gasteiger partial charge in [-0.3, -0.25) is 9.59 Å². The molecule has 9 heteroatoms. The number of nitrogens with two attached hydrogens (primary N) is 1.